The van der Waals surface area contributed by atoms with E-state index in [4.69, 9.17) is 27.6 Å². The molecule has 0 aliphatic carbocycles. The van der Waals surface area contributed by atoms with Crippen LogP contribution < -0.4 is 4.43 Å². The monoisotopic (exact) mass is 450 g/mol. The largest absolute Gasteiger partial charge is 0.543 e. The molecule has 29 heavy (non-hydrogen) atoms. The van der Waals surface area contributed by atoms with Gasteiger partial charge in [0.25, 0.3) is 8.32 Å². The van der Waals surface area contributed by atoms with Crippen molar-refractivity contribution < 1.29 is 4.43 Å². The van der Waals surface area contributed by atoms with E-state index in [2.05, 4.69) is 80.8 Å². The Balaban J connectivity index is 1.84. The molecule has 8 heteroatoms. The van der Waals surface area contributed by atoms with Crippen LogP contribution in [0.5, 0.6) is 5.75 Å². The third kappa shape index (κ3) is 4.30. The Morgan fingerprint density at radius 2 is 1.52 bits per heavy atom. The van der Waals surface area contributed by atoms with Gasteiger partial charge in [-0.2, -0.15) is 4.98 Å². The molecule has 0 fully saturated rings. The summed E-state index contributed by atoms with van der Waals surface area (Å²) in [4.78, 5) is 12.5. The molecule has 0 saturated carbocycles. The SMILES string of the molecule is CC(C)[Si](Oc1ccc(Cn2cnc3c(Cl)nc(Cl)nc32)cc1)(C(C)C)C(C)C. The zero-order valence-corrected chi connectivity index (χ0v) is 20.3. The number of imidazole rings is 1. The van der Waals surface area contributed by atoms with Gasteiger partial charge in [-0.25, -0.2) is 9.97 Å². The molecule has 2 heterocycles. The highest BCUT2D eigenvalue weighted by molar-refractivity contribution is 6.78. The van der Waals surface area contributed by atoms with Gasteiger partial charge in [-0.3, -0.25) is 0 Å². The van der Waals surface area contributed by atoms with E-state index < -0.39 is 8.32 Å². The van der Waals surface area contributed by atoms with Crippen molar-refractivity contribution in [2.75, 3.05) is 0 Å². The van der Waals surface area contributed by atoms with E-state index in [0.29, 0.717) is 34.3 Å². The van der Waals surface area contributed by atoms with Crippen molar-refractivity contribution in [3.05, 3.63) is 46.6 Å². The predicted octanol–water partition coefficient (Wildman–Crippen LogP) is 6.74. The molecule has 0 aliphatic rings. The molecule has 0 saturated heterocycles. The smallest absolute Gasteiger partial charge is 0.258 e. The standard InChI is InChI=1S/C21H28Cl2N4OSi/c1-13(2)29(14(3)4,15(5)6)28-17-9-7-16(8-10-17)11-27-12-24-18-19(22)25-21(23)26-20(18)27/h7-10,12-15H,11H2,1-6H3. The van der Waals surface area contributed by atoms with Crippen LogP contribution in [0.1, 0.15) is 47.1 Å². The lowest BCUT2D eigenvalue weighted by atomic mass is 10.2. The minimum Gasteiger partial charge on any atom is -0.543 e. The number of benzene rings is 1. The topological polar surface area (TPSA) is 52.8 Å². The molecule has 0 N–H and O–H groups in total. The van der Waals surface area contributed by atoms with Crippen LogP contribution in [0.25, 0.3) is 11.2 Å². The number of rotatable bonds is 7. The van der Waals surface area contributed by atoms with Gasteiger partial charge in [0.1, 0.15) is 11.3 Å². The van der Waals surface area contributed by atoms with Gasteiger partial charge in [0.2, 0.25) is 5.28 Å². The molecule has 0 atom stereocenters. The molecule has 0 aliphatic heterocycles. The Hall–Kier alpha value is -1.63. The predicted molar refractivity (Wildman–Crippen MR) is 123 cm³/mol. The molecule has 2 aromatic heterocycles. The van der Waals surface area contributed by atoms with Gasteiger partial charge in [-0.05, 0) is 45.9 Å². The van der Waals surface area contributed by atoms with Gasteiger partial charge in [0.15, 0.2) is 10.8 Å². The first kappa shape index (κ1) is 22.1. The summed E-state index contributed by atoms with van der Waals surface area (Å²) in [6.07, 6.45) is 1.71. The van der Waals surface area contributed by atoms with Gasteiger partial charge in [-0.15, -0.1) is 0 Å². The number of hydrogen-bond donors (Lipinski definition) is 0. The van der Waals surface area contributed by atoms with Gasteiger partial charge in [0, 0.05) is 0 Å². The summed E-state index contributed by atoms with van der Waals surface area (Å²) in [5.41, 5.74) is 3.91. The highest BCUT2D eigenvalue weighted by Gasteiger charge is 2.46. The molecular formula is C21H28Cl2N4OSi. The third-order valence-corrected chi connectivity index (χ3v) is 12.1. The fourth-order valence-corrected chi connectivity index (χ4v) is 10.1. The summed E-state index contributed by atoms with van der Waals surface area (Å²) in [6.45, 7) is 14.4. The van der Waals surface area contributed by atoms with E-state index in [-0.39, 0.29) is 10.4 Å². The highest BCUT2D eigenvalue weighted by Crippen LogP contribution is 2.42. The maximum absolute atomic E-state index is 6.74. The lowest BCUT2D eigenvalue weighted by molar-refractivity contribution is 0.479. The summed E-state index contributed by atoms with van der Waals surface area (Å²) < 4.78 is 8.66. The summed E-state index contributed by atoms with van der Waals surface area (Å²) in [5, 5.41) is 0.380. The molecule has 156 valence electrons. The van der Waals surface area contributed by atoms with Crippen molar-refractivity contribution in [2.45, 2.75) is 64.7 Å². The van der Waals surface area contributed by atoms with E-state index in [1.165, 1.54) is 0 Å². The summed E-state index contributed by atoms with van der Waals surface area (Å²) in [7, 11) is -1.96. The average Bonchev–Trinajstić information content (AvgIpc) is 3.03. The Bertz CT molecular complexity index is 964. The second-order valence-corrected chi connectivity index (χ2v) is 14.5. The number of hydrogen-bond acceptors (Lipinski definition) is 4. The Kier molecular flexibility index (Phi) is 6.56. The van der Waals surface area contributed by atoms with E-state index in [1.54, 1.807) is 6.33 Å². The number of fused-ring (bicyclic) bond motifs is 1. The van der Waals surface area contributed by atoms with Crippen LogP contribution in [0.3, 0.4) is 0 Å². The van der Waals surface area contributed by atoms with E-state index in [9.17, 15) is 0 Å². The van der Waals surface area contributed by atoms with Crippen LogP contribution in [0.2, 0.25) is 27.1 Å². The number of halogens is 2. The maximum Gasteiger partial charge on any atom is 0.258 e. The normalized spacial score (nSPS) is 12.5. The van der Waals surface area contributed by atoms with Crippen LogP contribution in [-0.2, 0) is 6.54 Å². The minimum atomic E-state index is -1.96. The van der Waals surface area contributed by atoms with Gasteiger partial charge < -0.3 is 8.99 Å². The Morgan fingerprint density at radius 1 is 0.931 bits per heavy atom. The van der Waals surface area contributed by atoms with Gasteiger partial charge in [0.05, 0.1) is 12.9 Å². The van der Waals surface area contributed by atoms with E-state index in [1.807, 2.05) is 4.57 Å². The number of nitrogens with zero attached hydrogens (tertiary/aromatic N) is 4. The molecule has 1 aromatic carbocycles. The van der Waals surface area contributed by atoms with Crippen molar-refractivity contribution in [1.82, 2.24) is 19.5 Å². The van der Waals surface area contributed by atoms with Crippen molar-refractivity contribution in [2.24, 2.45) is 0 Å². The first-order chi connectivity index (χ1) is 13.6. The Labute approximate surface area is 183 Å². The summed E-state index contributed by atoms with van der Waals surface area (Å²) in [6, 6.07) is 8.31. The van der Waals surface area contributed by atoms with Crippen LogP contribution in [0.4, 0.5) is 0 Å². The molecule has 5 nitrogen and oxygen atoms in total. The van der Waals surface area contributed by atoms with E-state index >= 15 is 0 Å². The van der Waals surface area contributed by atoms with Crippen molar-refractivity contribution in [1.29, 1.82) is 0 Å². The second-order valence-electron chi connectivity index (χ2n) is 8.39. The Morgan fingerprint density at radius 3 is 2.07 bits per heavy atom. The molecule has 0 amide bonds. The fraction of sp³-hybridized carbons (Fsp3) is 0.476. The molecule has 0 spiro atoms. The summed E-state index contributed by atoms with van der Waals surface area (Å²) in [5.74, 6) is 0.945. The fourth-order valence-electron chi connectivity index (χ4n) is 4.42. The van der Waals surface area contributed by atoms with Crippen molar-refractivity contribution >= 4 is 42.7 Å². The maximum atomic E-state index is 6.74. The zero-order chi connectivity index (χ0) is 21.3. The molecule has 0 bridgehead atoms. The molecule has 0 radical (unpaired) electrons. The first-order valence-corrected chi connectivity index (χ1v) is 12.9. The molecular weight excluding hydrogens is 423 g/mol. The highest BCUT2D eigenvalue weighted by atomic mass is 35.5. The van der Waals surface area contributed by atoms with Crippen LogP contribution >= 0.6 is 23.2 Å². The molecule has 3 aromatic rings. The van der Waals surface area contributed by atoms with Gasteiger partial charge >= 0.3 is 0 Å². The number of aromatic nitrogens is 4. The second kappa shape index (κ2) is 8.62. The minimum absolute atomic E-state index is 0.116. The third-order valence-electron chi connectivity index (χ3n) is 5.67. The molecule has 3 rings (SSSR count). The zero-order valence-electron chi connectivity index (χ0n) is 17.8. The lowest BCUT2D eigenvalue weighted by Gasteiger charge is -2.42. The quantitative estimate of drug-likeness (QED) is 0.227. The first-order valence-electron chi connectivity index (χ1n) is 9.97. The lowest BCUT2D eigenvalue weighted by Crippen LogP contribution is -2.50. The van der Waals surface area contributed by atoms with Crippen LogP contribution in [0, 0.1) is 0 Å². The van der Waals surface area contributed by atoms with E-state index in [0.717, 1.165) is 11.3 Å². The van der Waals surface area contributed by atoms with Gasteiger partial charge in [-0.1, -0.05) is 65.3 Å². The van der Waals surface area contributed by atoms with Crippen LogP contribution in [0.15, 0.2) is 30.6 Å². The van der Waals surface area contributed by atoms with Crippen molar-refractivity contribution in [3.63, 3.8) is 0 Å². The summed E-state index contributed by atoms with van der Waals surface area (Å²) >= 11 is 12.1. The average molecular weight is 451 g/mol. The van der Waals surface area contributed by atoms with Crippen LogP contribution in [-0.4, -0.2) is 27.8 Å². The van der Waals surface area contributed by atoms with Crippen molar-refractivity contribution in [3.8, 4) is 5.75 Å². The molecule has 0 unspecified atom stereocenters.